The van der Waals surface area contributed by atoms with Crippen molar-refractivity contribution in [3.8, 4) is 5.75 Å². The van der Waals surface area contributed by atoms with E-state index in [9.17, 15) is 0 Å². The molecule has 4 nitrogen and oxygen atoms in total. The number of nitrogens with two attached hydrogens (primary N) is 1. The fraction of sp³-hybridized carbons (Fsp3) is 0.750. The maximum atomic E-state index is 6.29. The van der Waals surface area contributed by atoms with Gasteiger partial charge in [-0.05, 0) is 19.3 Å². The number of rotatable bonds is 3. The van der Waals surface area contributed by atoms with Crippen LogP contribution >= 0.6 is 0 Å². The van der Waals surface area contributed by atoms with Crippen molar-refractivity contribution in [2.75, 3.05) is 7.11 Å². The summed E-state index contributed by atoms with van der Waals surface area (Å²) < 4.78 is 7.27. The van der Waals surface area contributed by atoms with Crippen LogP contribution < -0.4 is 10.5 Å². The predicted molar refractivity (Wildman–Crippen MR) is 65.5 cm³/mol. The van der Waals surface area contributed by atoms with Crippen molar-refractivity contribution in [2.45, 2.75) is 46.7 Å². The zero-order valence-electron chi connectivity index (χ0n) is 11.1. The minimum absolute atomic E-state index is 0.0139. The van der Waals surface area contributed by atoms with Crippen LogP contribution in [0.25, 0.3) is 0 Å². The second-order valence-corrected chi connectivity index (χ2v) is 5.48. The fourth-order valence-corrected chi connectivity index (χ4v) is 1.63. The lowest BCUT2D eigenvalue weighted by Gasteiger charge is -2.29. The molecule has 0 aliphatic carbocycles. The summed E-state index contributed by atoms with van der Waals surface area (Å²) in [6.07, 6.45) is 1.74. The van der Waals surface area contributed by atoms with Gasteiger partial charge in [0, 0.05) is 6.04 Å². The van der Waals surface area contributed by atoms with E-state index in [1.807, 2.05) is 4.68 Å². The van der Waals surface area contributed by atoms with Gasteiger partial charge in [-0.15, -0.1) is 0 Å². The molecule has 0 amide bonds. The van der Waals surface area contributed by atoms with E-state index in [1.165, 1.54) is 0 Å². The second kappa shape index (κ2) is 4.45. The molecule has 16 heavy (non-hydrogen) atoms. The average Bonchev–Trinajstić information content (AvgIpc) is 2.57. The Bertz CT molecular complexity index is 350. The van der Waals surface area contributed by atoms with Gasteiger partial charge in [-0.2, -0.15) is 5.10 Å². The summed E-state index contributed by atoms with van der Waals surface area (Å²) in [5, 5.41) is 4.33. The molecular formula is C12H23N3O. The number of ether oxygens (including phenoxy) is 1. The Morgan fingerprint density at radius 3 is 2.31 bits per heavy atom. The van der Waals surface area contributed by atoms with E-state index < -0.39 is 0 Å². The van der Waals surface area contributed by atoms with Crippen molar-refractivity contribution in [3.05, 3.63) is 11.9 Å². The van der Waals surface area contributed by atoms with Gasteiger partial charge in [0.25, 0.3) is 0 Å². The molecule has 2 N–H and O–H groups in total. The fourth-order valence-electron chi connectivity index (χ4n) is 1.63. The molecular weight excluding hydrogens is 202 g/mol. The molecule has 1 aromatic heterocycles. The van der Waals surface area contributed by atoms with Gasteiger partial charge in [-0.25, -0.2) is 0 Å². The highest BCUT2D eigenvalue weighted by Crippen LogP contribution is 2.36. The lowest BCUT2D eigenvalue weighted by molar-refractivity contribution is 0.293. The van der Waals surface area contributed by atoms with Gasteiger partial charge in [-0.3, -0.25) is 4.68 Å². The van der Waals surface area contributed by atoms with Gasteiger partial charge in [0.1, 0.15) is 0 Å². The van der Waals surface area contributed by atoms with Crippen LogP contribution in [0.4, 0.5) is 0 Å². The van der Waals surface area contributed by atoms with Crippen molar-refractivity contribution in [1.82, 2.24) is 9.78 Å². The molecule has 0 aliphatic heterocycles. The number of methoxy groups -OCH3 is 1. The maximum absolute atomic E-state index is 6.29. The highest BCUT2D eigenvalue weighted by Gasteiger charge is 2.29. The number of hydrogen-bond acceptors (Lipinski definition) is 3. The molecule has 0 radical (unpaired) electrons. The standard InChI is InChI=1S/C12H23N3O/c1-8(2)15-10(9(16-6)7-14-15)11(13)12(3,4)5/h7-8,11H,13H2,1-6H3. The maximum Gasteiger partial charge on any atom is 0.161 e. The topological polar surface area (TPSA) is 53.1 Å². The van der Waals surface area contributed by atoms with Crippen molar-refractivity contribution in [3.63, 3.8) is 0 Å². The van der Waals surface area contributed by atoms with Crippen molar-refractivity contribution in [2.24, 2.45) is 11.1 Å². The minimum atomic E-state index is -0.0904. The number of aromatic nitrogens is 2. The molecule has 1 heterocycles. The molecule has 0 fully saturated rings. The van der Waals surface area contributed by atoms with Crippen LogP contribution in [0.3, 0.4) is 0 Å². The van der Waals surface area contributed by atoms with Crippen LogP contribution in [0.5, 0.6) is 5.75 Å². The first-order valence-corrected chi connectivity index (χ1v) is 5.66. The third kappa shape index (κ3) is 2.38. The van der Waals surface area contributed by atoms with Crippen LogP contribution in [0, 0.1) is 5.41 Å². The summed E-state index contributed by atoms with van der Waals surface area (Å²) in [5.41, 5.74) is 7.25. The van der Waals surface area contributed by atoms with Crippen LogP contribution in [0.1, 0.15) is 52.4 Å². The quantitative estimate of drug-likeness (QED) is 0.860. The van der Waals surface area contributed by atoms with Gasteiger partial charge in [0.15, 0.2) is 5.75 Å². The van der Waals surface area contributed by atoms with Gasteiger partial charge in [0.05, 0.1) is 25.0 Å². The SMILES string of the molecule is COc1cnn(C(C)C)c1C(N)C(C)(C)C. The molecule has 0 aliphatic rings. The van der Waals surface area contributed by atoms with E-state index in [4.69, 9.17) is 10.5 Å². The second-order valence-electron chi connectivity index (χ2n) is 5.48. The van der Waals surface area contributed by atoms with Gasteiger partial charge < -0.3 is 10.5 Å². The van der Waals surface area contributed by atoms with Crippen LogP contribution in [-0.2, 0) is 0 Å². The third-order valence-electron chi connectivity index (χ3n) is 2.74. The average molecular weight is 225 g/mol. The van der Waals surface area contributed by atoms with Crippen molar-refractivity contribution >= 4 is 0 Å². The van der Waals surface area contributed by atoms with E-state index >= 15 is 0 Å². The summed E-state index contributed by atoms with van der Waals surface area (Å²) in [6.45, 7) is 10.5. The molecule has 1 atom stereocenters. The zero-order chi connectivity index (χ0) is 12.5. The van der Waals surface area contributed by atoms with E-state index in [0.29, 0.717) is 0 Å². The molecule has 4 heteroatoms. The minimum Gasteiger partial charge on any atom is -0.493 e. The van der Waals surface area contributed by atoms with Gasteiger partial charge in [-0.1, -0.05) is 20.8 Å². The van der Waals surface area contributed by atoms with Crippen LogP contribution in [0.15, 0.2) is 6.20 Å². The van der Waals surface area contributed by atoms with Gasteiger partial charge >= 0.3 is 0 Å². The first-order valence-electron chi connectivity index (χ1n) is 5.66. The molecule has 0 aromatic carbocycles. The molecule has 1 rings (SSSR count). The van der Waals surface area contributed by atoms with E-state index in [0.717, 1.165) is 11.4 Å². The highest BCUT2D eigenvalue weighted by molar-refractivity contribution is 5.29. The Hall–Kier alpha value is -1.03. The summed E-state index contributed by atoms with van der Waals surface area (Å²) in [7, 11) is 1.65. The lowest BCUT2D eigenvalue weighted by Crippen LogP contribution is -2.29. The highest BCUT2D eigenvalue weighted by atomic mass is 16.5. The molecule has 0 saturated heterocycles. The third-order valence-corrected chi connectivity index (χ3v) is 2.74. The summed E-state index contributed by atoms with van der Waals surface area (Å²) in [5.74, 6) is 0.774. The molecule has 1 aromatic rings. The normalized spacial score (nSPS) is 14.2. The monoisotopic (exact) mass is 225 g/mol. The summed E-state index contributed by atoms with van der Waals surface area (Å²) in [4.78, 5) is 0. The summed E-state index contributed by atoms with van der Waals surface area (Å²) >= 11 is 0. The smallest absolute Gasteiger partial charge is 0.161 e. The Morgan fingerprint density at radius 2 is 1.94 bits per heavy atom. The molecule has 0 bridgehead atoms. The number of hydrogen-bond donors (Lipinski definition) is 1. The van der Waals surface area contributed by atoms with E-state index in [2.05, 4.69) is 39.7 Å². The Kier molecular flexibility index (Phi) is 3.63. The van der Waals surface area contributed by atoms with Crippen molar-refractivity contribution in [1.29, 1.82) is 0 Å². The first kappa shape index (κ1) is 13.0. The largest absolute Gasteiger partial charge is 0.493 e. The first-order chi connectivity index (χ1) is 7.29. The Balaban J connectivity index is 3.23. The van der Waals surface area contributed by atoms with E-state index in [1.54, 1.807) is 13.3 Å². The number of nitrogens with zero attached hydrogens (tertiary/aromatic N) is 2. The van der Waals surface area contributed by atoms with E-state index in [-0.39, 0.29) is 17.5 Å². The molecule has 0 saturated carbocycles. The zero-order valence-corrected chi connectivity index (χ0v) is 11.1. The molecule has 92 valence electrons. The Morgan fingerprint density at radius 1 is 1.38 bits per heavy atom. The lowest BCUT2D eigenvalue weighted by atomic mass is 9.85. The van der Waals surface area contributed by atoms with Gasteiger partial charge in [0.2, 0.25) is 0 Å². The van der Waals surface area contributed by atoms with Crippen LogP contribution in [-0.4, -0.2) is 16.9 Å². The Labute approximate surface area is 97.8 Å². The van der Waals surface area contributed by atoms with Crippen molar-refractivity contribution < 1.29 is 4.74 Å². The summed E-state index contributed by atoms with van der Waals surface area (Å²) in [6, 6.07) is 0.194. The van der Waals surface area contributed by atoms with Crippen LogP contribution in [0.2, 0.25) is 0 Å². The molecule has 0 spiro atoms. The predicted octanol–water partition coefficient (Wildman–Crippen LogP) is 2.52. The molecule has 1 unspecified atom stereocenters.